The van der Waals surface area contributed by atoms with Gasteiger partial charge in [0.05, 0.1) is 17.5 Å². The molecule has 37 heavy (non-hydrogen) atoms. The van der Waals surface area contributed by atoms with Gasteiger partial charge in [-0.2, -0.15) is 4.99 Å². The number of alkyl carbamates (subject to hydrolysis) is 1. The monoisotopic (exact) mass is 543 g/mol. The number of nitrogens with one attached hydrogen (secondary N) is 1. The maximum atomic E-state index is 13.5. The Balaban J connectivity index is 1.67. The molecule has 0 saturated carbocycles. The number of benzene rings is 2. The number of hydrogen-bond acceptors (Lipinski definition) is 6. The smallest absolute Gasteiger partial charge is 0.408 e. The van der Waals surface area contributed by atoms with Crippen molar-refractivity contribution >= 4 is 44.5 Å². The summed E-state index contributed by atoms with van der Waals surface area (Å²) in [6.45, 7) is 9.22. The molecule has 2 aliphatic rings. The third-order valence-electron chi connectivity index (χ3n) is 6.03. The fraction of sp³-hybridized carbons (Fsp3) is 0.444. The van der Waals surface area contributed by atoms with E-state index in [1.54, 1.807) is 20.8 Å². The summed E-state index contributed by atoms with van der Waals surface area (Å²) in [5.74, 6) is -0.469. The standard InChI is InChI=1S/C27H33N3O5S2/c1-17-11-18(2)13-20(12-17)30-22-15-37(33,34)16-23(22)36-25(30)29-24(31)21(14-19-9-7-6-8-10-19)28-26(32)35-27(3,4)5/h6-13,21-23H,14-16H2,1-5H3,(H,28,32)/t21-,22-,23+/m1/s1. The average Bonchev–Trinajstić information content (AvgIpc) is 3.22. The maximum Gasteiger partial charge on any atom is 0.408 e. The van der Waals surface area contributed by atoms with E-state index in [0.717, 1.165) is 22.4 Å². The van der Waals surface area contributed by atoms with Gasteiger partial charge in [-0.1, -0.05) is 48.2 Å². The number of carbonyl (C=O) groups is 2. The van der Waals surface area contributed by atoms with E-state index in [9.17, 15) is 18.0 Å². The van der Waals surface area contributed by atoms with Crippen molar-refractivity contribution in [1.29, 1.82) is 0 Å². The van der Waals surface area contributed by atoms with Crippen LogP contribution >= 0.6 is 11.8 Å². The van der Waals surface area contributed by atoms with E-state index in [1.165, 1.54) is 11.8 Å². The van der Waals surface area contributed by atoms with Crippen molar-refractivity contribution in [3.63, 3.8) is 0 Å². The van der Waals surface area contributed by atoms with E-state index in [0.29, 0.717) is 5.17 Å². The zero-order valence-corrected chi connectivity index (χ0v) is 23.4. The Labute approximate surface area is 222 Å². The van der Waals surface area contributed by atoms with Gasteiger partial charge in [-0.15, -0.1) is 0 Å². The van der Waals surface area contributed by atoms with E-state index >= 15 is 0 Å². The summed E-state index contributed by atoms with van der Waals surface area (Å²) in [6, 6.07) is 14.1. The highest BCUT2D eigenvalue weighted by Gasteiger charge is 2.49. The Bertz CT molecular complexity index is 1300. The first-order valence-electron chi connectivity index (χ1n) is 12.2. The Morgan fingerprint density at radius 2 is 1.76 bits per heavy atom. The van der Waals surface area contributed by atoms with Crippen LogP contribution in [0.4, 0.5) is 10.5 Å². The lowest BCUT2D eigenvalue weighted by atomic mass is 10.1. The highest BCUT2D eigenvalue weighted by Crippen LogP contribution is 2.41. The number of ether oxygens (including phenoxy) is 1. The minimum atomic E-state index is -3.18. The normalized spacial score (nSPS) is 22.5. The van der Waals surface area contributed by atoms with E-state index in [4.69, 9.17) is 4.74 Å². The first-order valence-corrected chi connectivity index (χ1v) is 14.9. The number of aryl methyl sites for hydroxylation is 2. The Morgan fingerprint density at radius 1 is 1.11 bits per heavy atom. The number of rotatable bonds is 5. The third kappa shape index (κ3) is 6.93. The molecule has 0 unspecified atom stereocenters. The van der Waals surface area contributed by atoms with E-state index in [2.05, 4.69) is 10.3 Å². The van der Waals surface area contributed by atoms with Crippen molar-refractivity contribution in [2.45, 2.75) is 64.0 Å². The van der Waals surface area contributed by atoms with Crippen LogP contribution in [0.5, 0.6) is 0 Å². The Hall–Kier alpha value is -2.85. The molecule has 0 bridgehead atoms. The van der Waals surface area contributed by atoms with Crippen LogP contribution in [0.1, 0.15) is 37.5 Å². The molecular formula is C27H33N3O5S2. The summed E-state index contributed by atoms with van der Waals surface area (Å²) in [5.41, 5.74) is 3.01. The molecular weight excluding hydrogens is 510 g/mol. The largest absolute Gasteiger partial charge is 0.444 e. The van der Waals surface area contributed by atoms with Gasteiger partial charge in [0.1, 0.15) is 11.6 Å². The molecule has 2 amide bonds. The highest BCUT2D eigenvalue weighted by atomic mass is 32.2. The van der Waals surface area contributed by atoms with Gasteiger partial charge in [0.2, 0.25) is 0 Å². The van der Waals surface area contributed by atoms with Crippen LogP contribution in [0.2, 0.25) is 0 Å². The molecule has 2 aromatic carbocycles. The summed E-state index contributed by atoms with van der Waals surface area (Å²) < 4.78 is 30.2. The first kappa shape index (κ1) is 27.2. The number of fused-ring (bicyclic) bond motifs is 1. The van der Waals surface area contributed by atoms with Gasteiger partial charge in [0, 0.05) is 17.4 Å². The summed E-state index contributed by atoms with van der Waals surface area (Å²) in [4.78, 5) is 32.5. The van der Waals surface area contributed by atoms with Crippen LogP contribution in [0.15, 0.2) is 53.5 Å². The first-order chi connectivity index (χ1) is 17.3. The number of amidine groups is 1. The molecule has 2 aliphatic heterocycles. The summed E-state index contributed by atoms with van der Waals surface area (Å²) in [7, 11) is -3.18. The lowest BCUT2D eigenvalue weighted by molar-refractivity contribution is -0.119. The van der Waals surface area contributed by atoms with Crippen LogP contribution in [-0.2, 0) is 25.8 Å². The van der Waals surface area contributed by atoms with Crippen molar-refractivity contribution in [3.8, 4) is 0 Å². The molecule has 2 heterocycles. The molecule has 1 N–H and O–H groups in total. The average molecular weight is 544 g/mol. The third-order valence-corrected chi connectivity index (χ3v) is 9.24. The number of sulfone groups is 1. The maximum absolute atomic E-state index is 13.5. The number of nitrogens with zero attached hydrogens (tertiary/aromatic N) is 2. The second-order valence-corrected chi connectivity index (χ2v) is 14.0. The number of amides is 2. The molecule has 0 spiro atoms. The molecule has 0 aromatic heterocycles. The van der Waals surface area contributed by atoms with Gasteiger partial charge in [0.25, 0.3) is 5.91 Å². The zero-order chi connectivity index (χ0) is 27.0. The van der Waals surface area contributed by atoms with Crippen LogP contribution in [0.25, 0.3) is 0 Å². The van der Waals surface area contributed by atoms with Crippen molar-refractivity contribution in [1.82, 2.24) is 5.32 Å². The minimum absolute atomic E-state index is 0.00840. The van der Waals surface area contributed by atoms with Gasteiger partial charge in [-0.25, -0.2) is 13.2 Å². The lowest BCUT2D eigenvalue weighted by Crippen LogP contribution is -2.45. The minimum Gasteiger partial charge on any atom is -0.444 e. The van der Waals surface area contributed by atoms with Crippen LogP contribution < -0.4 is 10.2 Å². The number of aliphatic imine (C=N–C) groups is 1. The number of anilines is 1. The van der Waals surface area contributed by atoms with E-state index in [-0.39, 0.29) is 29.2 Å². The molecule has 198 valence electrons. The molecule has 2 aromatic rings. The predicted octanol–water partition coefficient (Wildman–Crippen LogP) is 4.04. The SMILES string of the molecule is Cc1cc(C)cc(N2C(=NC(=O)[C@@H](Cc3ccccc3)NC(=O)OC(C)(C)C)S[C@H]3CS(=O)(=O)C[C@H]32)c1. The second kappa shape index (κ2) is 10.5. The number of thioether (sulfide) groups is 1. The van der Waals surface area contributed by atoms with Gasteiger partial charge in [-0.3, -0.25) is 4.79 Å². The number of hydrogen-bond donors (Lipinski definition) is 1. The Morgan fingerprint density at radius 3 is 2.38 bits per heavy atom. The van der Waals surface area contributed by atoms with Crippen molar-refractivity contribution in [2.24, 2.45) is 4.99 Å². The van der Waals surface area contributed by atoms with Gasteiger partial charge in [0.15, 0.2) is 15.0 Å². The van der Waals surface area contributed by atoms with Crippen molar-refractivity contribution in [2.75, 3.05) is 16.4 Å². The molecule has 0 aliphatic carbocycles. The second-order valence-electron chi connectivity index (χ2n) is 10.6. The molecule has 4 rings (SSSR count). The molecule has 2 saturated heterocycles. The summed E-state index contributed by atoms with van der Waals surface area (Å²) in [6.07, 6.45) is -0.458. The molecule has 8 nitrogen and oxygen atoms in total. The molecule has 0 radical (unpaired) electrons. The van der Waals surface area contributed by atoms with E-state index < -0.39 is 33.5 Å². The predicted molar refractivity (Wildman–Crippen MR) is 148 cm³/mol. The van der Waals surface area contributed by atoms with Crippen molar-refractivity contribution < 1.29 is 22.7 Å². The van der Waals surface area contributed by atoms with Crippen LogP contribution in [0, 0.1) is 13.8 Å². The van der Waals surface area contributed by atoms with Crippen molar-refractivity contribution in [3.05, 3.63) is 65.2 Å². The summed E-state index contributed by atoms with van der Waals surface area (Å²) >= 11 is 1.31. The quantitative estimate of drug-likeness (QED) is 0.607. The van der Waals surface area contributed by atoms with Gasteiger partial charge < -0.3 is 15.0 Å². The fourth-order valence-electron chi connectivity index (χ4n) is 4.63. The molecule has 2 fully saturated rings. The molecule has 3 atom stereocenters. The Kier molecular flexibility index (Phi) is 7.71. The zero-order valence-electron chi connectivity index (χ0n) is 21.7. The van der Waals surface area contributed by atoms with Crippen LogP contribution in [0.3, 0.4) is 0 Å². The van der Waals surface area contributed by atoms with Gasteiger partial charge >= 0.3 is 6.09 Å². The van der Waals surface area contributed by atoms with Gasteiger partial charge in [-0.05, 0) is 63.4 Å². The van der Waals surface area contributed by atoms with Crippen LogP contribution in [-0.4, -0.2) is 60.0 Å². The summed E-state index contributed by atoms with van der Waals surface area (Å²) in [5, 5.41) is 2.92. The molecule has 10 heteroatoms. The highest BCUT2D eigenvalue weighted by molar-refractivity contribution is 8.16. The van der Waals surface area contributed by atoms with E-state index in [1.807, 2.05) is 67.3 Å². The number of carbonyl (C=O) groups excluding carboxylic acids is 2. The topological polar surface area (TPSA) is 105 Å². The fourth-order valence-corrected chi connectivity index (χ4v) is 8.55. The lowest BCUT2D eigenvalue weighted by Gasteiger charge is -2.26.